The van der Waals surface area contributed by atoms with Crippen molar-refractivity contribution in [2.24, 2.45) is 0 Å². The summed E-state index contributed by atoms with van der Waals surface area (Å²) < 4.78 is 0. The number of hydrogen-bond acceptors (Lipinski definition) is 2. The van der Waals surface area contributed by atoms with Crippen molar-refractivity contribution in [2.45, 2.75) is 19.3 Å². The van der Waals surface area contributed by atoms with Crippen LogP contribution >= 0.6 is 0 Å². The molecule has 2 heteroatoms. The van der Waals surface area contributed by atoms with Gasteiger partial charge < -0.3 is 5.73 Å². The lowest BCUT2D eigenvalue weighted by Crippen LogP contribution is -2.25. The average Bonchev–Trinajstić information content (AvgIpc) is 2.30. The molecule has 0 radical (unpaired) electrons. The van der Waals surface area contributed by atoms with Crippen LogP contribution in [0.1, 0.15) is 33.0 Å². The fourth-order valence-corrected chi connectivity index (χ4v) is 2.64. The number of hydrogen-bond donors (Lipinski definition) is 1. The van der Waals surface area contributed by atoms with Crippen molar-refractivity contribution in [2.75, 3.05) is 5.73 Å². The third-order valence-electron chi connectivity index (χ3n) is 3.69. The van der Waals surface area contributed by atoms with E-state index < -0.39 is 0 Å². The lowest BCUT2D eigenvalue weighted by atomic mass is 9.73. The molecule has 0 bridgehead atoms. The van der Waals surface area contributed by atoms with Crippen LogP contribution in [0.15, 0.2) is 42.5 Å². The van der Waals surface area contributed by atoms with E-state index in [0.717, 1.165) is 17.5 Å². The Morgan fingerprint density at radius 3 is 2.72 bits per heavy atom. The van der Waals surface area contributed by atoms with Crippen LogP contribution in [0, 0.1) is 6.92 Å². The Hall–Kier alpha value is -2.09. The number of carbonyl (C=O) groups is 1. The third-order valence-corrected chi connectivity index (χ3v) is 3.69. The molecule has 0 aliphatic heterocycles. The van der Waals surface area contributed by atoms with E-state index in [9.17, 15) is 4.79 Å². The topological polar surface area (TPSA) is 43.1 Å². The molecule has 0 aromatic heterocycles. The quantitative estimate of drug-likeness (QED) is 0.644. The summed E-state index contributed by atoms with van der Waals surface area (Å²) in [6, 6.07) is 13.7. The van der Waals surface area contributed by atoms with Gasteiger partial charge >= 0.3 is 0 Å². The van der Waals surface area contributed by atoms with E-state index in [0.29, 0.717) is 5.69 Å². The van der Waals surface area contributed by atoms with E-state index in [1.807, 2.05) is 37.3 Å². The molecular weight excluding hydrogens is 222 g/mol. The molecule has 1 unspecified atom stereocenters. The molecule has 2 nitrogen and oxygen atoms in total. The number of nitrogens with two attached hydrogens (primary N) is 1. The monoisotopic (exact) mass is 237 g/mol. The first-order chi connectivity index (χ1) is 8.66. The third kappa shape index (κ3) is 1.61. The van der Waals surface area contributed by atoms with Crippen molar-refractivity contribution >= 4 is 11.5 Å². The number of anilines is 1. The van der Waals surface area contributed by atoms with Crippen LogP contribution in [0.3, 0.4) is 0 Å². The molecule has 1 aliphatic rings. The van der Waals surface area contributed by atoms with Crippen molar-refractivity contribution in [3.8, 4) is 0 Å². The second-order valence-electron chi connectivity index (χ2n) is 4.89. The molecule has 2 N–H and O–H groups in total. The summed E-state index contributed by atoms with van der Waals surface area (Å²) in [7, 11) is 0. The fourth-order valence-electron chi connectivity index (χ4n) is 2.64. The maximum Gasteiger partial charge on any atom is 0.170 e. The number of nitrogen functional groups attached to an aromatic ring is 1. The lowest BCUT2D eigenvalue weighted by molar-refractivity contribution is 0.0948. The van der Waals surface area contributed by atoms with Gasteiger partial charge in [-0.05, 0) is 48.2 Å². The van der Waals surface area contributed by atoms with Gasteiger partial charge in [-0.15, -0.1) is 0 Å². The number of benzene rings is 2. The number of fused-ring (bicyclic) bond motifs is 1. The van der Waals surface area contributed by atoms with Crippen molar-refractivity contribution in [1.82, 2.24) is 0 Å². The second-order valence-corrected chi connectivity index (χ2v) is 4.89. The smallest absolute Gasteiger partial charge is 0.170 e. The molecule has 0 fully saturated rings. The summed E-state index contributed by atoms with van der Waals surface area (Å²) in [6.45, 7) is 1.94. The molecule has 90 valence electrons. The molecule has 2 aromatic carbocycles. The van der Waals surface area contributed by atoms with Crippen LogP contribution in [-0.4, -0.2) is 5.78 Å². The molecule has 1 aliphatic carbocycles. The van der Waals surface area contributed by atoms with E-state index in [1.165, 1.54) is 11.1 Å². The van der Waals surface area contributed by atoms with Gasteiger partial charge in [-0.2, -0.15) is 0 Å². The summed E-state index contributed by atoms with van der Waals surface area (Å²) in [5, 5.41) is 0. The van der Waals surface area contributed by atoms with Gasteiger partial charge in [-0.3, -0.25) is 4.79 Å². The van der Waals surface area contributed by atoms with Crippen LogP contribution < -0.4 is 5.73 Å². The lowest BCUT2D eigenvalue weighted by Gasteiger charge is -2.29. The Morgan fingerprint density at radius 2 is 2.00 bits per heavy atom. The van der Waals surface area contributed by atoms with E-state index in [4.69, 9.17) is 5.73 Å². The van der Waals surface area contributed by atoms with Crippen LogP contribution in [0.25, 0.3) is 0 Å². The molecule has 0 saturated carbocycles. The average molecular weight is 237 g/mol. The fraction of sp³-hybridized carbons (Fsp3) is 0.188. The van der Waals surface area contributed by atoms with Gasteiger partial charge in [0.05, 0.1) is 5.92 Å². The normalized spacial score (nSPS) is 16.8. The van der Waals surface area contributed by atoms with Gasteiger partial charge in [-0.1, -0.05) is 24.3 Å². The summed E-state index contributed by atoms with van der Waals surface area (Å²) in [5.41, 5.74) is 10.7. The minimum absolute atomic E-state index is 0.0310. The van der Waals surface area contributed by atoms with Gasteiger partial charge in [0.15, 0.2) is 5.78 Å². The highest BCUT2D eigenvalue weighted by Crippen LogP contribution is 2.37. The molecule has 0 saturated heterocycles. The molecule has 2 aromatic rings. The molecular formula is C16H15NO. The molecule has 0 heterocycles. The van der Waals surface area contributed by atoms with Crippen molar-refractivity contribution in [3.05, 3.63) is 64.7 Å². The highest BCUT2D eigenvalue weighted by Gasteiger charge is 2.32. The predicted molar refractivity (Wildman–Crippen MR) is 72.8 cm³/mol. The Labute approximate surface area is 106 Å². The number of carbonyl (C=O) groups excluding carboxylic acids is 1. The van der Waals surface area contributed by atoms with Gasteiger partial charge in [0.25, 0.3) is 0 Å². The van der Waals surface area contributed by atoms with E-state index >= 15 is 0 Å². The summed E-state index contributed by atoms with van der Waals surface area (Å²) in [6.07, 6.45) is 0.860. The van der Waals surface area contributed by atoms with E-state index in [1.54, 1.807) is 6.07 Å². The van der Waals surface area contributed by atoms with Crippen molar-refractivity contribution in [3.63, 3.8) is 0 Å². The Balaban J connectivity index is 1.94. The second kappa shape index (κ2) is 3.98. The minimum atomic E-state index is 0.0310. The van der Waals surface area contributed by atoms with Crippen LogP contribution in [0.4, 0.5) is 5.69 Å². The molecule has 1 atom stereocenters. The van der Waals surface area contributed by atoms with Crippen LogP contribution in [-0.2, 0) is 6.42 Å². The summed E-state index contributed by atoms with van der Waals surface area (Å²) in [5.74, 6) is 0.245. The van der Waals surface area contributed by atoms with Gasteiger partial charge in [-0.25, -0.2) is 0 Å². The van der Waals surface area contributed by atoms with Crippen molar-refractivity contribution < 1.29 is 4.79 Å². The molecule has 18 heavy (non-hydrogen) atoms. The number of ketones is 1. The first kappa shape index (κ1) is 11.0. The number of Topliss-reactive ketones (excluding diaryl/α,β-unsaturated/α-hetero) is 1. The summed E-state index contributed by atoms with van der Waals surface area (Å²) >= 11 is 0. The molecule has 0 spiro atoms. The highest BCUT2D eigenvalue weighted by atomic mass is 16.1. The van der Waals surface area contributed by atoms with Gasteiger partial charge in [0, 0.05) is 11.3 Å². The maximum atomic E-state index is 12.5. The standard InChI is InChI=1S/C16H15NO/c1-10-8-12(17)6-7-13(10)16(18)15-9-11-4-2-3-5-14(11)15/h2-8,15H,9,17H2,1H3. The Morgan fingerprint density at radius 1 is 1.22 bits per heavy atom. The van der Waals surface area contributed by atoms with Crippen LogP contribution in [0.5, 0.6) is 0 Å². The SMILES string of the molecule is Cc1cc(N)ccc1C(=O)C1Cc2ccccc21. The van der Waals surface area contributed by atoms with E-state index in [-0.39, 0.29) is 11.7 Å². The zero-order valence-electron chi connectivity index (χ0n) is 10.3. The number of aryl methyl sites for hydroxylation is 1. The van der Waals surface area contributed by atoms with Crippen molar-refractivity contribution in [1.29, 1.82) is 0 Å². The number of rotatable bonds is 2. The van der Waals surface area contributed by atoms with Gasteiger partial charge in [0.1, 0.15) is 0 Å². The predicted octanol–water partition coefficient (Wildman–Crippen LogP) is 3.10. The minimum Gasteiger partial charge on any atom is -0.399 e. The first-order valence-corrected chi connectivity index (χ1v) is 6.15. The van der Waals surface area contributed by atoms with Gasteiger partial charge in [0.2, 0.25) is 0 Å². The zero-order chi connectivity index (χ0) is 12.7. The van der Waals surface area contributed by atoms with E-state index in [2.05, 4.69) is 6.07 Å². The van der Waals surface area contributed by atoms with Crippen LogP contribution in [0.2, 0.25) is 0 Å². The Kier molecular flexibility index (Phi) is 2.44. The molecule has 3 rings (SSSR count). The molecule has 0 amide bonds. The first-order valence-electron chi connectivity index (χ1n) is 6.15. The zero-order valence-corrected chi connectivity index (χ0v) is 10.3. The highest BCUT2D eigenvalue weighted by molar-refractivity contribution is 6.04. The largest absolute Gasteiger partial charge is 0.399 e. The Bertz CT molecular complexity index is 631. The summed E-state index contributed by atoms with van der Waals surface area (Å²) in [4.78, 5) is 12.5. The maximum absolute atomic E-state index is 12.5.